The zero-order valence-electron chi connectivity index (χ0n) is 22.5. The van der Waals surface area contributed by atoms with Crippen LogP contribution in [-0.2, 0) is 6.54 Å². The van der Waals surface area contributed by atoms with Crippen LogP contribution in [0.1, 0.15) is 34.6 Å². The molecule has 1 aliphatic rings. The normalized spacial score (nSPS) is 15.4. The first-order valence-electron chi connectivity index (χ1n) is 13.1. The SMILES string of the molecule is COc1ccc(-c2ccnc(C(=O)Nc3cc(CN4CCCC(NC(=O)O)C4)cc(-n4cnc(C)c4)c3)c2)cc1. The fourth-order valence-corrected chi connectivity index (χ4v) is 5.01. The molecule has 3 heterocycles. The van der Waals surface area contributed by atoms with Crippen LogP contribution in [0.2, 0.25) is 0 Å². The van der Waals surface area contributed by atoms with E-state index in [1.807, 2.05) is 60.2 Å². The van der Waals surface area contributed by atoms with Crippen LogP contribution in [0.3, 0.4) is 0 Å². The quantitative estimate of drug-likeness (QED) is 0.295. The topological polar surface area (TPSA) is 122 Å². The minimum Gasteiger partial charge on any atom is -0.497 e. The average molecular weight is 541 g/mol. The molecule has 4 aromatic rings. The van der Waals surface area contributed by atoms with E-state index in [4.69, 9.17) is 9.84 Å². The molecule has 1 atom stereocenters. The Morgan fingerprint density at radius 3 is 2.62 bits per heavy atom. The van der Waals surface area contributed by atoms with Crippen LogP contribution in [-0.4, -0.2) is 62.8 Å². The number of carbonyl (C=O) groups excluding carboxylic acids is 1. The molecule has 10 heteroatoms. The second kappa shape index (κ2) is 12.0. The van der Waals surface area contributed by atoms with Gasteiger partial charge in [-0.05, 0) is 85.5 Å². The number of amides is 2. The third-order valence-corrected chi connectivity index (χ3v) is 6.90. The van der Waals surface area contributed by atoms with E-state index in [0.29, 0.717) is 24.5 Å². The smallest absolute Gasteiger partial charge is 0.404 e. The predicted molar refractivity (Wildman–Crippen MR) is 152 cm³/mol. The van der Waals surface area contributed by atoms with Crippen LogP contribution in [0.4, 0.5) is 10.5 Å². The standard InChI is InChI=1S/C30H32N6O4/c1-20-16-36(19-32-20)26-13-21(17-35-11-3-4-24(18-35)34-30(38)39)12-25(15-26)33-29(37)28-14-23(9-10-31-28)22-5-7-27(40-2)8-6-22/h5-10,12-16,19,24,34H,3-4,11,17-18H2,1-2H3,(H,33,37)(H,38,39). The molecular weight excluding hydrogens is 508 g/mol. The number of piperidine rings is 1. The van der Waals surface area contributed by atoms with Crippen molar-refractivity contribution in [1.29, 1.82) is 0 Å². The second-order valence-corrected chi connectivity index (χ2v) is 9.95. The van der Waals surface area contributed by atoms with Gasteiger partial charge in [0.25, 0.3) is 5.91 Å². The van der Waals surface area contributed by atoms with Crippen molar-refractivity contribution in [3.05, 3.63) is 90.3 Å². The second-order valence-electron chi connectivity index (χ2n) is 9.95. The van der Waals surface area contributed by atoms with Gasteiger partial charge in [-0.3, -0.25) is 14.7 Å². The van der Waals surface area contributed by atoms with E-state index in [1.54, 1.807) is 25.7 Å². The van der Waals surface area contributed by atoms with Crippen molar-refractivity contribution in [2.24, 2.45) is 0 Å². The lowest BCUT2D eigenvalue weighted by molar-refractivity contribution is 0.102. The van der Waals surface area contributed by atoms with Crippen LogP contribution < -0.4 is 15.4 Å². The largest absolute Gasteiger partial charge is 0.497 e. The van der Waals surface area contributed by atoms with E-state index in [2.05, 4.69) is 31.6 Å². The fraction of sp³-hybridized carbons (Fsp3) is 0.267. The first-order valence-corrected chi connectivity index (χ1v) is 13.1. The molecule has 0 radical (unpaired) electrons. The Kier molecular flexibility index (Phi) is 8.07. The molecule has 40 heavy (non-hydrogen) atoms. The third kappa shape index (κ3) is 6.65. The molecule has 2 aromatic heterocycles. The Balaban J connectivity index is 1.38. The predicted octanol–water partition coefficient (Wildman–Crippen LogP) is 4.74. The van der Waals surface area contributed by atoms with Crippen molar-refractivity contribution >= 4 is 17.7 Å². The van der Waals surface area contributed by atoms with Gasteiger partial charge in [0.05, 0.1) is 19.1 Å². The molecule has 1 saturated heterocycles. The number of anilines is 1. The molecule has 2 amide bonds. The number of nitrogens with one attached hydrogen (secondary N) is 2. The Morgan fingerprint density at radius 1 is 1.07 bits per heavy atom. The summed E-state index contributed by atoms with van der Waals surface area (Å²) >= 11 is 0. The van der Waals surface area contributed by atoms with E-state index in [9.17, 15) is 9.59 Å². The van der Waals surface area contributed by atoms with Gasteiger partial charge in [-0.2, -0.15) is 0 Å². The lowest BCUT2D eigenvalue weighted by Crippen LogP contribution is -2.46. The Labute approximate surface area is 232 Å². The summed E-state index contributed by atoms with van der Waals surface area (Å²) in [7, 11) is 1.62. The van der Waals surface area contributed by atoms with E-state index in [1.165, 1.54) is 0 Å². The van der Waals surface area contributed by atoms with Gasteiger partial charge in [-0.1, -0.05) is 12.1 Å². The molecule has 5 rings (SSSR count). The third-order valence-electron chi connectivity index (χ3n) is 6.90. The molecule has 0 bridgehead atoms. The van der Waals surface area contributed by atoms with Gasteiger partial charge in [0, 0.05) is 42.9 Å². The number of carbonyl (C=O) groups is 2. The van der Waals surface area contributed by atoms with E-state index >= 15 is 0 Å². The molecule has 3 N–H and O–H groups in total. The average Bonchev–Trinajstić information content (AvgIpc) is 3.39. The first kappa shape index (κ1) is 26.9. The van der Waals surface area contributed by atoms with Crippen molar-refractivity contribution in [2.75, 3.05) is 25.5 Å². The van der Waals surface area contributed by atoms with Crippen molar-refractivity contribution in [2.45, 2.75) is 32.4 Å². The zero-order chi connectivity index (χ0) is 28.1. The minimum absolute atomic E-state index is 0.103. The van der Waals surface area contributed by atoms with Gasteiger partial charge in [0.15, 0.2) is 0 Å². The van der Waals surface area contributed by atoms with Crippen LogP contribution in [0.15, 0.2) is 73.3 Å². The molecule has 1 fully saturated rings. The van der Waals surface area contributed by atoms with E-state index in [-0.39, 0.29) is 11.9 Å². The van der Waals surface area contributed by atoms with E-state index in [0.717, 1.165) is 53.2 Å². The van der Waals surface area contributed by atoms with Crippen molar-refractivity contribution in [3.8, 4) is 22.6 Å². The van der Waals surface area contributed by atoms with Crippen molar-refractivity contribution in [1.82, 2.24) is 24.8 Å². The van der Waals surface area contributed by atoms with Crippen LogP contribution >= 0.6 is 0 Å². The number of hydrogen-bond donors (Lipinski definition) is 3. The van der Waals surface area contributed by atoms with Gasteiger partial charge in [0.1, 0.15) is 11.4 Å². The number of hydrogen-bond acceptors (Lipinski definition) is 6. The highest BCUT2D eigenvalue weighted by atomic mass is 16.5. The number of aromatic nitrogens is 3. The summed E-state index contributed by atoms with van der Waals surface area (Å²) in [4.78, 5) is 35.3. The summed E-state index contributed by atoms with van der Waals surface area (Å²) in [5, 5.41) is 14.8. The van der Waals surface area contributed by atoms with Crippen molar-refractivity contribution in [3.63, 3.8) is 0 Å². The number of rotatable bonds is 8. The number of imidazole rings is 1. The first-order chi connectivity index (χ1) is 19.4. The highest BCUT2D eigenvalue weighted by molar-refractivity contribution is 6.03. The number of carboxylic acid groups (broad SMARTS) is 1. The molecule has 0 spiro atoms. The summed E-state index contributed by atoms with van der Waals surface area (Å²) in [6.07, 6.45) is 6.03. The van der Waals surface area contributed by atoms with Gasteiger partial charge in [-0.25, -0.2) is 9.78 Å². The Bertz CT molecular complexity index is 1500. The highest BCUT2D eigenvalue weighted by Crippen LogP contribution is 2.25. The molecule has 206 valence electrons. The van der Waals surface area contributed by atoms with E-state index < -0.39 is 6.09 Å². The van der Waals surface area contributed by atoms with Crippen molar-refractivity contribution < 1.29 is 19.4 Å². The van der Waals surface area contributed by atoms with Gasteiger partial charge in [-0.15, -0.1) is 0 Å². The number of benzene rings is 2. The maximum atomic E-state index is 13.3. The number of ether oxygens (including phenoxy) is 1. The van der Waals surface area contributed by atoms with Crippen LogP contribution in [0.25, 0.3) is 16.8 Å². The maximum absolute atomic E-state index is 13.3. The Hall–Kier alpha value is -4.70. The fourth-order valence-electron chi connectivity index (χ4n) is 5.01. The molecular formula is C30H32N6O4. The summed E-state index contributed by atoms with van der Waals surface area (Å²) in [6.45, 7) is 4.04. The number of methoxy groups -OCH3 is 1. The molecule has 1 aliphatic heterocycles. The number of nitrogens with zero attached hydrogens (tertiary/aromatic N) is 4. The number of likely N-dealkylation sites (tertiary alicyclic amines) is 1. The summed E-state index contributed by atoms with van der Waals surface area (Å²) in [5.41, 5.74) is 5.51. The zero-order valence-corrected chi connectivity index (χ0v) is 22.5. The Morgan fingerprint density at radius 2 is 1.90 bits per heavy atom. The lowest BCUT2D eigenvalue weighted by Gasteiger charge is -2.32. The summed E-state index contributed by atoms with van der Waals surface area (Å²) < 4.78 is 7.16. The highest BCUT2D eigenvalue weighted by Gasteiger charge is 2.22. The van der Waals surface area contributed by atoms with Gasteiger partial charge >= 0.3 is 6.09 Å². The van der Waals surface area contributed by atoms with Gasteiger partial charge in [0.2, 0.25) is 0 Å². The monoisotopic (exact) mass is 540 g/mol. The molecule has 10 nitrogen and oxygen atoms in total. The van der Waals surface area contributed by atoms with Crippen LogP contribution in [0, 0.1) is 6.92 Å². The maximum Gasteiger partial charge on any atom is 0.404 e. The number of aryl methyl sites for hydroxylation is 1. The summed E-state index contributed by atoms with van der Waals surface area (Å²) in [6, 6.07) is 17.1. The summed E-state index contributed by atoms with van der Waals surface area (Å²) in [5.74, 6) is 0.446. The molecule has 0 saturated carbocycles. The minimum atomic E-state index is -1.00. The number of pyridine rings is 1. The lowest BCUT2D eigenvalue weighted by atomic mass is 10.0. The molecule has 0 aliphatic carbocycles. The van der Waals surface area contributed by atoms with Crippen LogP contribution in [0.5, 0.6) is 5.75 Å². The molecule has 1 unspecified atom stereocenters. The molecule has 2 aromatic carbocycles. The van der Waals surface area contributed by atoms with Gasteiger partial charge < -0.3 is 25.0 Å².